The first-order valence-corrected chi connectivity index (χ1v) is 14.3. The first-order valence-electron chi connectivity index (χ1n) is 13.5. The minimum atomic E-state index is -0.305. The second kappa shape index (κ2) is 12.7. The van der Waals surface area contributed by atoms with Gasteiger partial charge in [-0.3, -0.25) is 4.79 Å². The summed E-state index contributed by atoms with van der Waals surface area (Å²) in [5, 5.41) is 3.42. The van der Waals surface area contributed by atoms with Gasteiger partial charge in [-0.1, -0.05) is 54.6 Å². The van der Waals surface area contributed by atoms with E-state index in [2.05, 4.69) is 74.7 Å². The summed E-state index contributed by atoms with van der Waals surface area (Å²) in [7, 11) is 0. The van der Waals surface area contributed by atoms with Gasteiger partial charge in [0.15, 0.2) is 0 Å². The number of hydrogen-bond donors (Lipinski definition) is 1. The Hall–Kier alpha value is -2.96. The zero-order valence-electron chi connectivity index (χ0n) is 21.6. The van der Waals surface area contributed by atoms with Crippen LogP contribution in [0.4, 0.5) is 4.39 Å². The molecule has 1 N–H and O–H groups in total. The largest absolute Gasteiger partial charge is 0.492 e. The van der Waals surface area contributed by atoms with Crippen LogP contribution >= 0.6 is 15.9 Å². The van der Waals surface area contributed by atoms with E-state index in [9.17, 15) is 9.18 Å². The Morgan fingerprint density at radius 2 is 1.76 bits per heavy atom. The Labute approximate surface area is 233 Å². The smallest absolute Gasteiger partial charge is 0.251 e. The van der Waals surface area contributed by atoms with Crippen molar-refractivity contribution in [2.75, 3.05) is 26.2 Å². The summed E-state index contributed by atoms with van der Waals surface area (Å²) in [5.41, 5.74) is 5.72. The second-order valence-electron chi connectivity index (χ2n) is 10.1. The molecule has 0 bridgehead atoms. The maximum absolute atomic E-state index is 13.8. The number of nitrogens with zero attached hydrogens (tertiary/aromatic N) is 1. The zero-order valence-corrected chi connectivity index (χ0v) is 23.2. The molecular formula is C32H34BrFN2O2. The number of aryl methyl sites for hydroxylation is 1. The molecule has 0 aromatic heterocycles. The molecule has 1 fully saturated rings. The van der Waals surface area contributed by atoms with Gasteiger partial charge in [-0.2, -0.15) is 0 Å². The molecule has 2 aliphatic rings. The number of hydrogen-bond acceptors (Lipinski definition) is 3. The molecule has 0 atom stereocenters. The quantitative estimate of drug-likeness (QED) is 0.262. The van der Waals surface area contributed by atoms with Gasteiger partial charge in [-0.25, -0.2) is 4.39 Å². The normalized spacial score (nSPS) is 15.4. The predicted molar refractivity (Wildman–Crippen MR) is 154 cm³/mol. The van der Waals surface area contributed by atoms with E-state index < -0.39 is 0 Å². The molecular weight excluding hydrogens is 543 g/mol. The molecule has 3 aromatic carbocycles. The highest BCUT2D eigenvalue weighted by molar-refractivity contribution is 9.10. The van der Waals surface area contributed by atoms with E-state index in [1.165, 1.54) is 28.8 Å². The lowest BCUT2D eigenvalue weighted by atomic mass is 9.92. The third-order valence-electron chi connectivity index (χ3n) is 7.27. The van der Waals surface area contributed by atoms with Gasteiger partial charge in [-0.15, -0.1) is 0 Å². The van der Waals surface area contributed by atoms with Gasteiger partial charge in [0.05, 0.1) is 11.1 Å². The summed E-state index contributed by atoms with van der Waals surface area (Å²) in [6.07, 6.45) is 5.64. The SMILES string of the molecule is O=C(C1=C(c2ccc(CCCOc3cc(F)ccc3Br)cc2)CCNC1)N(CCc1ccccc1)C1CC1. The van der Waals surface area contributed by atoms with Crippen molar-refractivity contribution in [1.82, 2.24) is 10.2 Å². The average Bonchev–Trinajstić information content (AvgIpc) is 3.79. The molecule has 5 rings (SSSR count). The van der Waals surface area contributed by atoms with Crippen LogP contribution in [0.1, 0.15) is 42.4 Å². The monoisotopic (exact) mass is 576 g/mol. The molecule has 0 radical (unpaired) electrons. The first kappa shape index (κ1) is 26.6. The van der Waals surface area contributed by atoms with Crippen LogP contribution < -0.4 is 10.1 Å². The number of rotatable bonds is 11. The first-order chi connectivity index (χ1) is 18.6. The second-order valence-corrected chi connectivity index (χ2v) is 10.9. The van der Waals surface area contributed by atoms with Crippen LogP contribution in [0.3, 0.4) is 0 Å². The third-order valence-corrected chi connectivity index (χ3v) is 7.93. The topological polar surface area (TPSA) is 41.6 Å². The number of ether oxygens (including phenoxy) is 1. The number of benzene rings is 3. The Bertz CT molecular complexity index is 1270. The van der Waals surface area contributed by atoms with Crippen LogP contribution in [0, 0.1) is 5.82 Å². The number of halogens is 2. The van der Waals surface area contributed by atoms with Crippen molar-refractivity contribution in [3.05, 3.63) is 105 Å². The fourth-order valence-electron chi connectivity index (χ4n) is 5.03. The Kier molecular flexibility index (Phi) is 8.92. The van der Waals surface area contributed by atoms with Crippen LogP contribution in [-0.4, -0.2) is 43.1 Å². The Morgan fingerprint density at radius 3 is 2.53 bits per heavy atom. The number of amides is 1. The van der Waals surface area contributed by atoms with Gasteiger partial charge >= 0.3 is 0 Å². The van der Waals surface area contributed by atoms with Gasteiger partial charge in [0, 0.05) is 30.8 Å². The summed E-state index contributed by atoms with van der Waals surface area (Å²) >= 11 is 3.40. The number of carbonyl (C=O) groups excluding carboxylic acids is 1. The molecule has 1 aliphatic heterocycles. The van der Waals surface area contributed by atoms with Crippen LogP contribution in [-0.2, 0) is 17.6 Å². The molecule has 38 heavy (non-hydrogen) atoms. The van der Waals surface area contributed by atoms with E-state index in [4.69, 9.17) is 4.74 Å². The molecule has 6 heteroatoms. The van der Waals surface area contributed by atoms with Crippen molar-refractivity contribution in [3.8, 4) is 5.75 Å². The fraction of sp³-hybridized carbons (Fsp3) is 0.344. The highest BCUT2D eigenvalue weighted by Crippen LogP contribution is 2.32. The minimum Gasteiger partial charge on any atom is -0.492 e. The maximum Gasteiger partial charge on any atom is 0.251 e. The average molecular weight is 578 g/mol. The van der Waals surface area contributed by atoms with E-state index in [0.717, 1.165) is 67.2 Å². The molecule has 1 heterocycles. The lowest BCUT2D eigenvalue weighted by Crippen LogP contribution is -2.40. The molecule has 1 saturated carbocycles. The fourth-order valence-corrected chi connectivity index (χ4v) is 5.39. The van der Waals surface area contributed by atoms with Gasteiger partial charge < -0.3 is 15.0 Å². The molecule has 1 amide bonds. The summed E-state index contributed by atoms with van der Waals surface area (Å²) < 4.78 is 20.0. The van der Waals surface area contributed by atoms with Crippen LogP contribution in [0.5, 0.6) is 5.75 Å². The standard InChI is InChI=1S/C32H34BrFN2O2/c33-30-15-12-26(34)21-31(30)38-20-4-7-24-8-10-25(11-9-24)28-16-18-35-22-29(28)32(37)36(27-13-14-27)19-17-23-5-2-1-3-6-23/h1-3,5-6,8-12,15,21,27,35H,4,7,13-14,16-20,22H2. The van der Waals surface area contributed by atoms with E-state index >= 15 is 0 Å². The molecule has 198 valence electrons. The predicted octanol–water partition coefficient (Wildman–Crippen LogP) is 6.58. The third kappa shape index (κ3) is 6.91. The lowest BCUT2D eigenvalue weighted by Gasteiger charge is -2.28. The van der Waals surface area contributed by atoms with Crippen LogP contribution in [0.2, 0.25) is 0 Å². The van der Waals surface area contributed by atoms with Gasteiger partial charge in [0.25, 0.3) is 5.91 Å². The van der Waals surface area contributed by atoms with Gasteiger partial charge in [0.2, 0.25) is 0 Å². The van der Waals surface area contributed by atoms with Crippen molar-refractivity contribution in [2.45, 2.75) is 44.6 Å². The maximum atomic E-state index is 13.8. The lowest BCUT2D eigenvalue weighted by molar-refractivity contribution is -0.127. The van der Waals surface area contributed by atoms with Crippen molar-refractivity contribution in [1.29, 1.82) is 0 Å². The van der Waals surface area contributed by atoms with E-state index in [1.54, 1.807) is 6.07 Å². The molecule has 4 nitrogen and oxygen atoms in total. The van der Waals surface area contributed by atoms with E-state index in [0.29, 0.717) is 24.9 Å². The molecule has 0 unspecified atom stereocenters. The summed E-state index contributed by atoms with van der Waals surface area (Å²) in [4.78, 5) is 15.9. The summed E-state index contributed by atoms with van der Waals surface area (Å²) in [6, 6.07) is 23.9. The van der Waals surface area contributed by atoms with Crippen molar-refractivity contribution < 1.29 is 13.9 Å². The summed E-state index contributed by atoms with van der Waals surface area (Å²) in [5.74, 6) is 0.412. The Morgan fingerprint density at radius 1 is 1.00 bits per heavy atom. The van der Waals surface area contributed by atoms with E-state index in [-0.39, 0.29) is 11.7 Å². The van der Waals surface area contributed by atoms with Crippen LogP contribution in [0.25, 0.3) is 5.57 Å². The number of nitrogens with one attached hydrogen (secondary N) is 1. The molecule has 1 aliphatic carbocycles. The molecule has 3 aromatic rings. The van der Waals surface area contributed by atoms with Crippen LogP contribution in [0.15, 0.2) is 82.8 Å². The highest BCUT2D eigenvalue weighted by atomic mass is 79.9. The van der Waals surface area contributed by atoms with Gasteiger partial charge in [-0.05, 0) is 95.4 Å². The van der Waals surface area contributed by atoms with Crippen molar-refractivity contribution in [3.63, 3.8) is 0 Å². The van der Waals surface area contributed by atoms with E-state index in [1.807, 2.05) is 6.07 Å². The Balaban J connectivity index is 1.22. The van der Waals surface area contributed by atoms with Crippen molar-refractivity contribution >= 4 is 27.4 Å². The summed E-state index contributed by atoms with van der Waals surface area (Å²) in [6.45, 7) is 2.78. The molecule has 0 spiro atoms. The minimum absolute atomic E-state index is 0.190. The highest BCUT2D eigenvalue weighted by Gasteiger charge is 2.35. The van der Waals surface area contributed by atoms with Crippen molar-refractivity contribution in [2.24, 2.45) is 0 Å². The van der Waals surface area contributed by atoms with Gasteiger partial charge in [0.1, 0.15) is 11.6 Å². The zero-order chi connectivity index (χ0) is 26.3. The molecule has 0 saturated heterocycles. The number of carbonyl (C=O) groups is 1.